The summed E-state index contributed by atoms with van der Waals surface area (Å²) in [6.07, 6.45) is 0.299. The fourth-order valence-electron chi connectivity index (χ4n) is 3.44. The molecule has 0 fully saturated rings. The summed E-state index contributed by atoms with van der Waals surface area (Å²) in [4.78, 5) is 10.9. The first kappa shape index (κ1) is 21.2. The van der Waals surface area contributed by atoms with Gasteiger partial charge in [0.1, 0.15) is 0 Å². The van der Waals surface area contributed by atoms with Gasteiger partial charge in [0.2, 0.25) is 0 Å². The van der Waals surface area contributed by atoms with Gasteiger partial charge >= 0.3 is 0 Å². The topological polar surface area (TPSA) is 92.9 Å². The molecule has 0 saturated heterocycles. The molecule has 3 aromatic rings. The summed E-state index contributed by atoms with van der Waals surface area (Å²) in [6.45, 7) is 1.88. The third kappa shape index (κ3) is 4.24. The molecule has 31 heavy (non-hydrogen) atoms. The zero-order valence-corrected chi connectivity index (χ0v) is 18.9. The first-order valence-corrected chi connectivity index (χ1v) is 11.7. The number of nitrogens with zero attached hydrogens (tertiary/aromatic N) is 3. The van der Waals surface area contributed by atoms with Gasteiger partial charge < -0.3 is 0 Å². The minimum Gasteiger partial charge on any atom is -0.258 e. The molecule has 0 bridgehead atoms. The van der Waals surface area contributed by atoms with Crippen molar-refractivity contribution >= 4 is 37.4 Å². The lowest BCUT2D eigenvalue weighted by Gasteiger charge is -2.23. The van der Waals surface area contributed by atoms with Crippen LogP contribution in [0.5, 0.6) is 0 Å². The summed E-state index contributed by atoms with van der Waals surface area (Å²) in [5.74, 6) is 0. The summed E-state index contributed by atoms with van der Waals surface area (Å²) < 4.78 is 28.9. The third-order valence-electron chi connectivity index (χ3n) is 5.08. The average Bonchev–Trinajstić information content (AvgIpc) is 3.21. The number of rotatable bonds is 5. The molecule has 0 aliphatic carbocycles. The molecule has 1 heterocycles. The number of halogens is 1. The Balaban J connectivity index is 1.81. The summed E-state index contributed by atoms with van der Waals surface area (Å²) in [6, 6.07) is 19.3. The number of hydrogen-bond donors (Lipinski definition) is 0. The molecule has 0 amide bonds. The van der Waals surface area contributed by atoms with E-state index < -0.39 is 21.0 Å². The van der Waals surface area contributed by atoms with Crippen LogP contribution in [0, 0.1) is 17.0 Å². The van der Waals surface area contributed by atoms with Crippen LogP contribution >= 0.6 is 15.9 Å². The Labute approximate surface area is 188 Å². The number of hydrogen-bond acceptors (Lipinski definition) is 5. The van der Waals surface area contributed by atoms with Gasteiger partial charge in [-0.1, -0.05) is 57.9 Å². The number of non-ortho nitro benzene ring substituents is 1. The van der Waals surface area contributed by atoms with Crippen molar-refractivity contribution in [1.29, 1.82) is 0 Å². The molecule has 4 rings (SSSR count). The highest BCUT2D eigenvalue weighted by Gasteiger charge is 2.38. The van der Waals surface area contributed by atoms with E-state index in [4.69, 9.17) is 0 Å². The van der Waals surface area contributed by atoms with Crippen LogP contribution in [0.4, 0.5) is 5.69 Å². The van der Waals surface area contributed by atoms with Crippen molar-refractivity contribution in [3.8, 4) is 0 Å². The molecule has 0 saturated carbocycles. The van der Waals surface area contributed by atoms with Gasteiger partial charge in [-0.3, -0.25) is 10.1 Å². The molecule has 9 heteroatoms. The standard InChI is InChI=1S/C22H18BrN3O4S/c1-15-5-11-20(12-6-15)31(29,30)25-22(17-3-2-4-19(13-17)26(27)28)14-21(24-25)16-7-9-18(23)10-8-16/h2-13,22H,14H2,1H3/t22-/m1/s1. The van der Waals surface area contributed by atoms with Crippen molar-refractivity contribution in [2.75, 3.05) is 0 Å². The van der Waals surface area contributed by atoms with Gasteiger partial charge in [0, 0.05) is 23.0 Å². The van der Waals surface area contributed by atoms with E-state index in [-0.39, 0.29) is 10.6 Å². The predicted molar refractivity (Wildman–Crippen MR) is 121 cm³/mol. The third-order valence-corrected chi connectivity index (χ3v) is 7.31. The van der Waals surface area contributed by atoms with Gasteiger partial charge in [0.15, 0.2) is 0 Å². The lowest BCUT2D eigenvalue weighted by molar-refractivity contribution is -0.384. The lowest BCUT2D eigenvalue weighted by atomic mass is 9.99. The number of benzene rings is 3. The van der Waals surface area contributed by atoms with Crippen molar-refractivity contribution in [2.24, 2.45) is 5.10 Å². The highest BCUT2D eigenvalue weighted by Crippen LogP contribution is 2.38. The predicted octanol–water partition coefficient (Wildman–Crippen LogP) is 5.21. The molecule has 1 aliphatic heterocycles. The van der Waals surface area contributed by atoms with Crippen LogP contribution in [0.3, 0.4) is 0 Å². The summed E-state index contributed by atoms with van der Waals surface area (Å²) in [5, 5.41) is 15.7. The van der Waals surface area contributed by atoms with E-state index in [1.807, 2.05) is 31.2 Å². The van der Waals surface area contributed by atoms with E-state index in [9.17, 15) is 18.5 Å². The number of nitro groups is 1. The molecule has 1 aliphatic rings. The van der Waals surface area contributed by atoms with E-state index in [2.05, 4.69) is 21.0 Å². The smallest absolute Gasteiger partial charge is 0.258 e. The quantitative estimate of drug-likeness (QED) is 0.355. The maximum absolute atomic E-state index is 13.5. The van der Waals surface area contributed by atoms with Crippen LogP contribution in [0.1, 0.15) is 29.2 Å². The molecule has 0 N–H and O–H groups in total. The Kier molecular flexibility index (Phi) is 5.63. The molecule has 0 radical (unpaired) electrons. The highest BCUT2D eigenvalue weighted by atomic mass is 79.9. The number of nitro benzene ring substituents is 1. The van der Waals surface area contributed by atoms with E-state index in [1.165, 1.54) is 12.1 Å². The van der Waals surface area contributed by atoms with Crippen molar-refractivity contribution in [3.63, 3.8) is 0 Å². The maximum atomic E-state index is 13.5. The summed E-state index contributed by atoms with van der Waals surface area (Å²) >= 11 is 3.39. The summed E-state index contributed by atoms with van der Waals surface area (Å²) in [7, 11) is -3.97. The number of hydrazone groups is 1. The number of aryl methyl sites for hydroxylation is 1. The fourth-order valence-corrected chi connectivity index (χ4v) is 5.14. The van der Waals surface area contributed by atoms with Gasteiger partial charge in [0.25, 0.3) is 15.7 Å². The molecule has 1 atom stereocenters. The molecule has 0 spiro atoms. The fraction of sp³-hybridized carbons (Fsp3) is 0.136. The Bertz CT molecular complexity index is 1270. The Hall–Kier alpha value is -3.04. The zero-order valence-electron chi connectivity index (χ0n) is 16.5. The minimum atomic E-state index is -3.97. The van der Waals surface area contributed by atoms with E-state index in [0.29, 0.717) is 17.7 Å². The van der Waals surface area contributed by atoms with Crippen molar-refractivity contribution < 1.29 is 13.3 Å². The second-order valence-electron chi connectivity index (χ2n) is 7.22. The van der Waals surface area contributed by atoms with Gasteiger partial charge in [-0.2, -0.15) is 17.9 Å². The van der Waals surface area contributed by atoms with Crippen molar-refractivity contribution in [3.05, 3.63) is 104 Å². The van der Waals surface area contributed by atoms with E-state index in [0.717, 1.165) is 20.0 Å². The van der Waals surface area contributed by atoms with Gasteiger partial charge in [-0.15, -0.1) is 0 Å². The second-order valence-corrected chi connectivity index (χ2v) is 9.93. The largest absolute Gasteiger partial charge is 0.279 e. The zero-order chi connectivity index (χ0) is 22.2. The van der Waals surface area contributed by atoms with Gasteiger partial charge in [-0.05, 0) is 42.3 Å². The van der Waals surface area contributed by atoms with Crippen LogP contribution < -0.4 is 0 Å². The Morgan fingerprint density at radius 2 is 1.74 bits per heavy atom. The number of sulfonamides is 1. The van der Waals surface area contributed by atoms with Crippen LogP contribution in [0.2, 0.25) is 0 Å². The van der Waals surface area contributed by atoms with Crippen LogP contribution in [-0.4, -0.2) is 23.5 Å². The summed E-state index contributed by atoms with van der Waals surface area (Å²) in [5.41, 5.74) is 2.75. The van der Waals surface area contributed by atoms with Crippen LogP contribution in [-0.2, 0) is 10.0 Å². The SMILES string of the molecule is Cc1ccc(S(=O)(=O)N2N=C(c3ccc(Br)cc3)C[C@@H]2c2cccc([N+](=O)[O-])c2)cc1. The molecule has 0 aromatic heterocycles. The minimum absolute atomic E-state index is 0.0951. The van der Waals surface area contributed by atoms with Gasteiger partial charge in [0.05, 0.1) is 21.6 Å². The second kappa shape index (κ2) is 8.24. The maximum Gasteiger partial charge on any atom is 0.279 e. The normalized spacial score (nSPS) is 16.3. The van der Waals surface area contributed by atoms with Crippen molar-refractivity contribution in [1.82, 2.24) is 4.41 Å². The average molecular weight is 500 g/mol. The molecule has 0 unspecified atom stereocenters. The first-order valence-electron chi connectivity index (χ1n) is 9.44. The molecule has 7 nitrogen and oxygen atoms in total. The highest BCUT2D eigenvalue weighted by molar-refractivity contribution is 9.10. The van der Waals surface area contributed by atoms with E-state index >= 15 is 0 Å². The molecular formula is C22H18BrN3O4S. The first-order chi connectivity index (χ1) is 14.8. The molecule has 158 valence electrons. The van der Waals surface area contributed by atoms with Gasteiger partial charge in [-0.25, -0.2) is 0 Å². The van der Waals surface area contributed by atoms with Crippen molar-refractivity contribution in [2.45, 2.75) is 24.3 Å². The molecular weight excluding hydrogens is 482 g/mol. The van der Waals surface area contributed by atoms with E-state index in [1.54, 1.807) is 36.4 Å². The monoisotopic (exact) mass is 499 g/mol. The Morgan fingerprint density at radius 1 is 1.06 bits per heavy atom. The Morgan fingerprint density at radius 3 is 2.39 bits per heavy atom. The lowest BCUT2D eigenvalue weighted by Crippen LogP contribution is -2.27. The van der Waals surface area contributed by atoms with Crippen LogP contribution in [0.25, 0.3) is 0 Å². The molecule has 3 aromatic carbocycles. The van der Waals surface area contributed by atoms with Crippen LogP contribution in [0.15, 0.2) is 87.3 Å².